The molecule has 0 radical (unpaired) electrons. The third-order valence-corrected chi connectivity index (χ3v) is 3.70. The maximum Gasteiger partial charge on any atom is 0.171 e. The summed E-state index contributed by atoms with van der Waals surface area (Å²) in [5, 5.41) is 0. The van der Waals surface area contributed by atoms with Crippen LogP contribution in [0.15, 0.2) is 42.5 Å². The van der Waals surface area contributed by atoms with Crippen LogP contribution in [0.5, 0.6) is 11.5 Å². The van der Waals surface area contributed by atoms with E-state index in [2.05, 4.69) is 22.6 Å². The summed E-state index contributed by atoms with van der Waals surface area (Å²) >= 11 is 2.24. The molecule has 0 heterocycles. The van der Waals surface area contributed by atoms with Crippen molar-refractivity contribution in [2.75, 3.05) is 14.2 Å². The van der Waals surface area contributed by atoms with Crippen molar-refractivity contribution in [3.63, 3.8) is 0 Å². The molecule has 104 valence electrons. The quantitative estimate of drug-likeness (QED) is 0.584. The van der Waals surface area contributed by atoms with Crippen molar-refractivity contribution in [2.45, 2.75) is 6.42 Å². The van der Waals surface area contributed by atoms with Crippen LogP contribution >= 0.6 is 22.6 Å². The van der Waals surface area contributed by atoms with Crippen molar-refractivity contribution in [1.29, 1.82) is 0 Å². The Labute approximate surface area is 132 Å². The summed E-state index contributed by atoms with van der Waals surface area (Å²) in [4.78, 5) is 12.4. The lowest BCUT2D eigenvalue weighted by molar-refractivity contribution is 0.0989. The maximum absolute atomic E-state index is 12.4. The number of Topliss-reactive ketones (excluding diaryl/α,β-unsaturated/α-hetero) is 1. The van der Waals surface area contributed by atoms with Gasteiger partial charge in [-0.2, -0.15) is 0 Å². The van der Waals surface area contributed by atoms with Crippen LogP contribution < -0.4 is 9.47 Å². The number of rotatable bonds is 5. The lowest BCUT2D eigenvalue weighted by Gasteiger charge is -2.09. The largest absolute Gasteiger partial charge is 0.497 e. The first-order chi connectivity index (χ1) is 9.63. The van der Waals surface area contributed by atoms with Crippen LogP contribution in [0.3, 0.4) is 0 Å². The molecule has 0 unspecified atom stereocenters. The van der Waals surface area contributed by atoms with E-state index in [0.29, 0.717) is 23.5 Å². The van der Waals surface area contributed by atoms with E-state index in [1.165, 1.54) is 0 Å². The Bertz CT molecular complexity index is 606. The third kappa shape index (κ3) is 3.50. The Hall–Kier alpha value is -1.56. The molecule has 0 spiro atoms. The van der Waals surface area contributed by atoms with Crippen LogP contribution in [0, 0.1) is 3.57 Å². The topological polar surface area (TPSA) is 35.5 Å². The van der Waals surface area contributed by atoms with Gasteiger partial charge in [0.15, 0.2) is 5.78 Å². The maximum atomic E-state index is 12.4. The minimum absolute atomic E-state index is 0.0157. The van der Waals surface area contributed by atoms with Gasteiger partial charge in [-0.05, 0) is 58.5 Å². The van der Waals surface area contributed by atoms with E-state index in [-0.39, 0.29) is 5.78 Å². The van der Waals surface area contributed by atoms with E-state index in [4.69, 9.17) is 9.47 Å². The number of carbonyl (C=O) groups is 1. The lowest BCUT2D eigenvalue weighted by atomic mass is 10.0. The highest BCUT2D eigenvalue weighted by Gasteiger charge is 2.14. The summed E-state index contributed by atoms with van der Waals surface area (Å²) < 4.78 is 11.6. The molecule has 0 aromatic heterocycles. The molecule has 2 aromatic rings. The molecular weight excluding hydrogens is 367 g/mol. The number of ketones is 1. The molecule has 0 N–H and O–H groups in total. The number of ether oxygens (including phenoxy) is 2. The number of carbonyl (C=O) groups excluding carboxylic acids is 1. The van der Waals surface area contributed by atoms with Crippen molar-refractivity contribution in [3.05, 3.63) is 57.2 Å². The van der Waals surface area contributed by atoms with Crippen LogP contribution in [0.2, 0.25) is 0 Å². The summed E-state index contributed by atoms with van der Waals surface area (Å²) in [6.45, 7) is 0. The molecule has 0 aliphatic carbocycles. The SMILES string of the molecule is COc1ccc(OC)c(C(=O)Cc2ccc(I)cc2)c1. The van der Waals surface area contributed by atoms with Gasteiger partial charge >= 0.3 is 0 Å². The Morgan fingerprint density at radius 2 is 1.75 bits per heavy atom. The minimum atomic E-state index is 0.0157. The average Bonchev–Trinajstić information content (AvgIpc) is 2.48. The molecular formula is C16H15IO3. The van der Waals surface area contributed by atoms with Crippen molar-refractivity contribution in [3.8, 4) is 11.5 Å². The van der Waals surface area contributed by atoms with Crippen molar-refractivity contribution in [1.82, 2.24) is 0 Å². The first-order valence-corrected chi connectivity index (χ1v) is 7.21. The molecule has 2 rings (SSSR count). The molecule has 0 aliphatic rings. The number of hydrogen-bond donors (Lipinski definition) is 0. The van der Waals surface area contributed by atoms with Crippen LogP contribution in [0.25, 0.3) is 0 Å². The minimum Gasteiger partial charge on any atom is -0.497 e. The number of halogens is 1. The summed E-state index contributed by atoms with van der Waals surface area (Å²) in [7, 11) is 3.14. The highest BCUT2D eigenvalue weighted by molar-refractivity contribution is 14.1. The normalized spacial score (nSPS) is 10.2. The lowest BCUT2D eigenvalue weighted by Crippen LogP contribution is -2.06. The zero-order valence-electron chi connectivity index (χ0n) is 11.4. The Morgan fingerprint density at radius 1 is 1.05 bits per heavy atom. The Morgan fingerprint density at radius 3 is 2.35 bits per heavy atom. The molecule has 0 amide bonds. The molecule has 0 aliphatic heterocycles. The fourth-order valence-corrected chi connectivity index (χ4v) is 2.27. The van der Waals surface area contributed by atoms with Gasteiger partial charge in [-0.15, -0.1) is 0 Å². The molecule has 0 atom stereocenters. The monoisotopic (exact) mass is 382 g/mol. The second-order valence-electron chi connectivity index (χ2n) is 4.29. The number of benzene rings is 2. The standard InChI is InChI=1S/C16H15IO3/c1-19-13-7-8-16(20-2)14(10-13)15(18)9-11-3-5-12(17)6-4-11/h3-8,10H,9H2,1-2H3. The summed E-state index contributed by atoms with van der Waals surface area (Å²) in [5.74, 6) is 1.24. The van der Waals surface area contributed by atoms with Gasteiger partial charge < -0.3 is 9.47 Å². The Kier molecular flexibility index (Phi) is 5.00. The third-order valence-electron chi connectivity index (χ3n) is 2.98. The van der Waals surface area contributed by atoms with Gasteiger partial charge in [0.25, 0.3) is 0 Å². The van der Waals surface area contributed by atoms with Gasteiger partial charge in [-0.25, -0.2) is 0 Å². The molecule has 0 fully saturated rings. The molecule has 2 aromatic carbocycles. The zero-order valence-corrected chi connectivity index (χ0v) is 13.5. The van der Waals surface area contributed by atoms with Gasteiger partial charge in [0.05, 0.1) is 19.8 Å². The summed E-state index contributed by atoms with van der Waals surface area (Å²) in [5.41, 5.74) is 1.53. The van der Waals surface area contributed by atoms with Crippen molar-refractivity contribution in [2.24, 2.45) is 0 Å². The predicted octanol–water partition coefficient (Wildman–Crippen LogP) is 3.73. The van der Waals surface area contributed by atoms with Gasteiger partial charge in [0, 0.05) is 9.99 Å². The first kappa shape index (κ1) is 14.8. The molecule has 0 bridgehead atoms. The van der Waals surface area contributed by atoms with Crippen molar-refractivity contribution >= 4 is 28.4 Å². The second kappa shape index (κ2) is 6.74. The summed E-state index contributed by atoms with van der Waals surface area (Å²) in [6, 6.07) is 13.2. The highest BCUT2D eigenvalue weighted by Crippen LogP contribution is 2.25. The first-order valence-electron chi connectivity index (χ1n) is 6.13. The van der Waals surface area contributed by atoms with Crippen LogP contribution in [-0.2, 0) is 6.42 Å². The van der Waals surface area contributed by atoms with Gasteiger partial charge in [0.2, 0.25) is 0 Å². The van der Waals surface area contributed by atoms with Gasteiger partial charge in [-0.1, -0.05) is 12.1 Å². The fourth-order valence-electron chi connectivity index (χ4n) is 1.91. The number of hydrogen-bond acceptors (Lipinski definition) is 3. The highest BCUT2D eigenvalue weighted by atomic mass is 127. The van der Waals surface area contributed by atoms with E-state index in [1.54, 1.807) is 32.4 Å². The second-order valence-corrected chi connectivity index (χ2v) is 5.54. The van der Waals surface area contributed by atoms with Crippen LogP contribution in [-0.4, -0.2) is 20.0 Å². The predicted molar refractivity (Wildman–Crippen MR) is 86.7 cm³/mol. The molecule has 0 saturated carbocycles. The van der Waals surface area contributed by atoms with E-state index in [9.17, 15) is 4.79 Å². The molecule has 4 heteroatoms. The Balaban J connectivity index is 2.25. The molecule has 0 saturated heterocycles. The van der Waals surface area contributed by atoms with E-state index in [1.807, 2.05) is 24.3 Å². The van der Waals surface area contributed by atoms with Gasteiger partial charge in [0.1, 0.15) is 11.5 Å². The number of methoxy groups -OCH3 is 2. The zero-order chi connectivity index (χ0) is 14.5. The van der Waals surface area contributed by atoms with E-state index >= 15 is 0 Å². The van der Waals surface area contributed by atoms with Crippen LogP contribution in [0.1, 0.15) is 15.9 Å². The smallest absolute Gasteiger partial charge is 0.171 e. The fraction of sp³-hybridized carbons (Fsp3) is 0.188. The van der Waals surface area contributed by atoms with Gasteiger partial charge in [-0.3, -0.25) is 4.79 Å². The molecule has 3 nitrogen and oxygen atoms in total. The van der Waals surface area contributed by atoms with E-state index in [0.717, 1.165) is 9.13 Å². The molecule has 20 heavy (non-hydrogen) atoms. The average molecular weight is 382 g/mol. The van der Waals surface area contributed by atoms with Crippen LogP contribution in [0.4, 0.5) is 0 Å². The van der Waals surface area contributed by atoms with Crippen molar-refractivity contribution < 1.29 is 14.3 Å². The summed E-state index contributed by atoms with van der Waals surface area (Å²) in [6.07, 6.45) is 0.348. The van der Waals surface area contributed by atoms with E-state index < -0.39 is 0 Å².